The number of amides is 1. The number of hydrogen-bond donors (Lipinski definition) is 2. The molecule has 3 rings (SSSR count). The van der Waals surface area contributed by atoms with E-state index in [1.54, 1.807) is 0 Å². The third-order valence-electron chi connectivity index (χ3n) is 5.02. The molecule has 24 heavy (non-hydrogen) atoms. The molecule has 1 unspecified atom stereocenters. The Labute approximate surface area is 144 Å². The van der Waals surface area contributed by atoms with Gasteiger partial charge < -0.3 is 20.3 Å². The minimum absolute atomic E-state index is 0.0135. The molecular weight excluding hydrogens is 302 g/mol. The van der Waals surface area contributed by atoms with E-state index >= 15 is 0 Å². The van der Waals surface area contributed by atoms with E-state index in [4.69, 9.17) is 4.74 Å². The van der Waals surface area contributed by atoms with E-state index in [1.807, 2.05) is 0 Å². The van der Waals surface area contributed by atoms with E-state index in [9.17, 15) is 4.79 Å². The lowest BCUT2D eigenvalue weighted by atomic mass is 9.99. The van der Waals surface area contributed by atoms with Gasteiger partial charge in [-0.25, -0.2) is 0 Å². The van der Waals surface area contributed by atoms with Crippen LogP contribution in [0.3, 0.4) is 0 Å². The first-order valence-corrected chi connectivity index (χ1v) is 9.18. The monoisotopic (exact) mass is 331 g/mol. The van der Waals surface area contributed by atoms with Gasteiger partial charge in [0.25, 0.3) is 0 Å². The van der Waals surface area contributed by atoms with Gasteiger partial charge in [0.2, 0.25) is 5.91 Å². The van der Waals surface area contributed by atoms with Crippen LogP contribution in [0.5, 0.6) is 0 Å². The highest BCUT2D eigenvalue weighted by Crippen LogP contribution is 2.24. The van der Waals surface area contributed by atoms with Crippen molar-refractivity contribution in [3.05, 3.63) is 24.3 Å². The second-order valence-corrected chi connectivity index (χ2v) is 7.01. The highest BCUT2D eigenvalue weighted by Gasteiger charge is 2.17. The molecule has 2 saturated heterocycles. The lowest BCUT2D eigenvalue weighted by Gasteiger charge is -2.32. The highest BCUT2D eigenvalue weighted by atomic mass is 16.5. The van der Waals surface area contributed by atoms with Gasteiger partial charge in [0.05, 0.1) is 12.6 Å². The van der Waals surface area contributed by atoms with Crippen molar-refractivity contribution in [3.8, 4) is 0 Å². The van der Waals surface area contributed by atoms with Gasteiger partial charge in [0.15, 0.2) is 0 Å². The molecule has 1 atom stereocenters. The van der Waals surface area contributed by atoms with Crippen molar-refractivity contribution >= 4 is 17.3 Å². The fourth-order valence-corrected chi connectivity index (χ4v) is 3.33. The number of carbonyl (C=O) groups is 1. The lowest BCUT2D eigenvalue weighted by molar-refractivity contribution is -0.119. The Morgan fingerprint density at radius 1 is 1.21 bits per heavy atom. The summed E-state index contributed by atoms with van der Waals surface area (Å²) in [6, 6.07) is 8.40. The van der Waals surface area contributed by atoms with E-state index in [0.717, 1.165) is 44.1 Å². The van der Waals surface area contributed by atoms with E-state index in [2.05, 4.69) is 46.7 Å². The number of carbonyl (C=O) groups excluding carboxylic acids is 1. The number of anilines is 2. The molecule has 2 heterocycles. The average Bonchev–Trinajstić information content (AvgIpc) is 3.13. The second kappa shape index (κ2) is 8.38. The minimum atomic E-state index is 0.0135. The van der Waals surface area contributed by atoms with E-state index in [-0.39, 0.29) is 12.0 Å². The van der Waals surface area contributed by atoms with E-state index < -0.39 is 0 Å². The third-order valence-corrected chi connectivity index (χ3v) is 5.02. The first-order valence-electron chi connectivity index (χ1n) is 9.18. The minimum Gasteiger partial charge on any atom is -0.376 e. The molecule has 5 heteroatoms. The Morgan fingerprint density at radius 2 is 1.96 bits per heavy atom. The predicted molar refractivity (Wildman–Crippen MR) is 97.5 cm³/mol. The standard InChI is InChI=1S/C19H29N3O2/c1-15-8-10-22(11-9-15)17-6-4-16(5-7-17)20-14-19(23)21-13-18-3-2-12-24-18/h4-7,15,18,20H,2-3,8-14H2,1H3,(H,21,23). The topological polar surface area (TPSA) is 53.6 Å². The Morgan fingerprint density at radius 3 is 2.62 bits per heavy atom. The van der Waals surface area contributed by atoms with Crippen molar-refractivity contribution in [3.63, 3.8) is 0 Å². The van der Waals surface area contributed by atoms with Gasteiger partial charge in [0, 0.05) is 37.6 Å². The van der Waals surface area contributed by atoms with Crippen LogP contribution < -0.4 is 15.5 Å². The molecular formula is C19H29N3O2. The molecule has 0 aromatic heterocycles. The summed E-state index contributed by atoms with van der Waals surface area (Å²) < 4.78 is 5.50. The van der Waals surface area contributed by atoms with Gasteiger partial charge >= 0.3 is 0 Å². The third kappa shape index (κ3) is 4.87. The number of piperidine rings is 1. The van der Waals surface area contributed by atoms with E-state index in [0.29, 0.717) is 13.1 Å². The van der Waals surface area contributed by atoms with E-state index in [1.165, 1.54) is 18.5 Å². The van der Waals surface area contributed by atoms with Gasteiger partial charge in [-0.05, 0) is 55.9 Å². The number of ether oxygens (including phenoxy) is 1. The van der Waals surface area contributed by atoms with Crippen LogP contribution in [0.2, 0.25) is 0 Å². The van der Waals surface area contributed by atoms with Crippen molar-refractivity contribution in [2.75, 3.05) is 43.0 Å². The molecule has 2 aliphatic heterocycles. The normalized spacial score (nSPS) is 21.7. The van der Waals surface area contributed by atoms with Crippen molar-refractivity contribution < 1.29 is 9.53 Å². The van der Waals surface area contributed by atoms with Crippen LogP contribution in [0.1, 0.15) is 32.6 Å². The maximum absolute atomic E-state index is 11.9. The largest absolute Gasteiger partial charge is 0.376 e. The van der Waals surface area contributed by atoms with Gasteiger partial charge in [-0.2, -0.15) is 0 Å². The zero-order chi connectivity index (χ0) is 16.8. The number of rotatable bonds is 6. The van der Waals surface area contributed by atoms with Crippen molar-refractivity contribution in [1.82, 2.24) is 5.32 Å². The highest BCUT2D eigenvalue weighted by molar-refractivity contribution is 5.80. The summed E-state index contributed by atoms with van der Waals surface area (Å²) in [6.07, 6.45) is 4.88. The van der Waals surface area contributed by atoms with Crippen LogP contribution in [-0.2, 0) is 9.53 Å². The van der Waals surface area contributed by atoms with Crippen molar-refractivity contribution in [2.24, 2.45) is 5.92 Å². The van der Waals surface area contributed by atoms with Crippen LogP contribution in [0.15, 0.2) is 24.3 Å². The molecule has 5 nitrogen and oxygen atoms in total. The predicted octanol–water partition coefficient (Wildman–Crippen LogP) is 2.63. The summed E-state index contributed by atoms with van der Waals surface area (Å²) in [6.45, 7) is 6.34. The molecule has 0 saturated carbocycles. The Bertz CT molecular complexity index is 518. The number of nitrogens with zero attached hydrogens (tertiary/aromatic N) is 1. The van der Waals surface area contributed by atoms with Crippen LogP contribution in [-0.4, -0.2) is 44.8 Å². The first kappa shape index (κ1) is 17.1. The fourth-order valence-electron chi connectivity index (χ4n) is 3.33. The maximum Gasteiger partial charge on any atom is 0.239 e. The quantitative estimate of drug-likeness (QED) is 0.841. The van der Waals surface area contributed by atoms with Crippen LogP contribution in [0, 0.1) is 5.92 Å². The van der Waals surface area contributed by atoms with Gasteiger partial charge in [-0.15, -0.1) is 0 Å². The van der Waals surface area contributed by atoms with Crippen LogP contribution >= 0.6 is 0 Å². The van der Waals surface area contributed by atoms with Crippen LogP contribution in [0.25, 0.3) is 0 Å². The fraction of sp³-hybridized carbons (Fsp3) is 0.632. The maximum atomic E-state index is 11.9. The lowest BCUT2D eigenvalue weighted by Crippen LogP contribution is -2.35. The number of benzene rings is 1. The molecule has 0 bridgehead atoms. The van der Waals surface area contributed by atoms with Crippen molar-refractivity contribution in [1.29, 1.82) is 0 Å². The molecule has 132 valence electrons. The zero-order valence-corrected chi connectivity index (χ0v) is 14.6. The summed E-state index contributed by atoms with van der Waals surface area (Å²) in [4.78, 5) is 14.3. The van der Waals surface area contributed by atoms with Crippen molar-refractivity contribution in [2.45, 2.75) is 38.7 Å². The molecule has 0 aliphatic carbocycles. The number of nitrogens with one attached hydrogen (secondary N) is 2. The molecule has 1 aromatic rings. The number of hydrogen-bond acceptors (Lipinski definition) is 4. The second-order valence-electron chi connectivity index (χ2n) is 7.01. The Hall–Kier alpha value is -1.75. The summed E-state index contributed by atoms with van der Waals surface area (Å²) in [5.74, 6) is 0.856. The Kier molecular flexibility index (Phi) is 5.96. The summed E-state index contributed by atoms with van der Waals surface area (Å²) in [5, 5.41) is 6.11. The molecule has 2 aliphatic rings. The Balaban J connectivity index is 1.40. The molecule has 1 amide bonds. The zero-order valence-electron chi connectivity index (χ0n) is 14.6. The molecule has 0 spiro atoms. The summed E-state index contributed by atoms with van der Waals surface area (Å²) in [7, 11) is 0. The smallest absolute Gasteiger partial charge is 0.239 e. The summed E-state index contributed by atoms with van der Waals surface area (Å²) in [5.41, 5.74) is 2.26. The summed E-state index contributed by atoms with van der Waals surface area (Å²) >= 11 is 0. The van der Waals surface area contributed by atoms with Gasteiger partial charge in [0.1, 0.15) is 0 Å². The average molecular weight is 331 g/mol. The molecule has 0 radical (unpaired) electrons. The SMILES string of the molecule is CC1CCN(c2ccc(NCC(=O)NCC3CCCO3)cc2)CC1. The molecule has 2 N–H and O–H groups in total. The van der Waals surface area contributed by atoms with Gasteiger partial charge in [-0.3, -0.25) is 4.79 Å². The van der Waals surface area contributed by atoms with Crippen LogP contribution in [0.4, 0.5) is 11.4 Å². The van der Waals surface area contributed by atoms with Gasteiger partial charge in [-0.1, -0.05) is 6.92 Å². The first-order chi connectivity index (χ1) is 11.7. The molecule has 2 fully saturated rings. The molecule has 1 aromatic carbocycles.